The van der Waals surface area contributed by atoms with E-state index < -0.39 is 17.7 Å². The summed E-state index contributed by atoms with van der Waals surface area (Å²) in [6.45, 7) is 5.70. The van der Waals surface area contributed by atoms with Crippen molar-refractivity contribution in [3.8, 4) is 5.75 Å². The monoisotopic (exact) mass is 434 g/mol. The van der Waals surface area contributed by atoms with E-state index in [-0.39, 0.29) is 16.5 Å². The Bertz CT molecular complexity index is 1190. The average Bonchev–Trinajstić information content (AvgIpc) is 3.33. The number of Topliss-reactive ketones (excluding diaryl/α,β-unsaturated/α-hetero) is 1. The standard InChI is InChI=1S/C22H18N4O4S/c1-3-11-30-16-6-4-5-15(12-16)18-17(19(27)14-7-9-23-10-8-14)20(28)21(29)26(18)22-25-24-13(2)31-22/h3-10,12,18,27H,1,11H2,2H3. The fraction of sp³-hybridized carbons (Fsp3) is 0.136. The van der Waals surface area contributed by atoms with Crippen LogP contribution in [-0.2, 0) is 9.59 Å². The van der Waals surface area contributed by atoms with Gasteiger partial charge in [0.15, 0.2) is 0 Å². The fourth-order valence-corrected chi connectivity index (χ4v) is 4.04. The highest BCUT2D eigenvalue weighted by Crippen LogP contribution is 2.43. The number of hydrogen-bond donors (Lipinski definition) is 1. The third kappa shape index (κ3) is 3.82. The van der Waals surface area contributed by atoms with Gasteiger partial charge >= 0.3 is 5.91 Å². The number of carbonyl (C=O) groups excluding carboxylic acids is 2. The van der Waals surface area contributed by atoms with E-state index in [2.05, 4.69) is 21.8 Å². The largest absolute Gasteiger partial charge is 0.507 e. The Morgan fingerprint density at radius 2 is 2.03 bits per heavy atom. The molecule has 0 spiro atoms. The molecule has 8 nitrogen and oxygen atoms in total. The van der Waals surface area contributed by atoms with Gasteiger partial charge in [0.05, 0.1) is 11.6 Å². The quantitative estimate of drug-likeness (QED) is 0.274. The molecule has 4 rings (SSSR count). The van der Waals surface area contributed by atoms with Crippen molar-refractivity contribution in [2.75, 3.05) is 11.5 Å². The van der Waals surface area contributed by atoms with Crippen molar-refractivity contribution >= 4 is 33.9 Å². The second-order valence-electron chi connectivity index (χ2n) is 6.68. The molecule has 1 N–H and O–H groups in total. The van der Waals surface area contributed by atoms with E-state index in [1.165, 1.54) is 28.6 Å². The lowest BCUT2D eigenvalue weighted by atomic mass is 9.95. The minimum Gasteiger partial charge on any atom is -0.507 e. The van der Waals surface area contributed by atoms with Crippen LogP contribution in [0.4, 0.5) is 5.13 Å². The van der Waals surface area contributed by atoms with Crippen molar-refractivity contribution in [3.63, 3.8) is 0 Å². The van der Waals surface area contributed by atoms with E-state index in [0.717, 1.165) is 0 Å². The summed E-state index contributed by atoms with van der Waals surface area (Å²) in [5.41, 5.74) is 0.930. The van der Waals surface area contributed by atoms with E-state index in [4.69, 9.17) is 4.74 Å². The van der Waals surface area contributed by atoms with E-state index in [1.54, 1.807) is 49.4 Å². The van der Waals surface area contributed by atoms with Crippen LogP contribution < -0.4 is 9.64 Å². The van der Waals surface area contributed by atoms with Crippen LogP contribution in [0.3, 0.4) is 0 Å². The number of benzene rings is 1. The normalized spacial score (nSPS) is 17.7. The first-order valence-electron chi connectivity index (χ1n) is 9.36. The number of aryl methyl sites for hydroxylation is 1. The van der Waals surface area contributed by atoms with Gasteiger partial charge in [0, 0.05) is 18.0 Å². The van der Waals surface area contributed by atoms with Crippen molar-refractivity contribution in [2.24, 2.45) is 0 Å². The van der Waals surface area contributed by atoms with Crippen molar-refractivity contribution in [3.05, 3.63) is 83.2 Å². The number of hydrogen-bond acceptors (Lipinski definition) is 8. The number of ether oxygens (including phenoxy) is 1. The van der Waals surface area contributed by atoms with Gasteiger partial charge in [-0.3, -0.25) is 19.5 Å². The molecule has 9 heteroatoms. The first kappa shape index (κ1) is 20.4. The van der Waals surface area contributed by atoms with E-state index in [0.29, 0.717) is 28.5 Å². The van der Waals surface area contributed by atoms with Crippen molar-refractivity contribution in [1.82, 2.24) is 15.2 Å². The fourth-order valence-electron chi connectivity index (χ4n) is 3.32. The molecule has 1 saturated heterocycles. The number of aliphatic hydroxyl groups excluding tert-OH is 1. The zero-order chi connectivity index (χ0) is 22.0. The van der Waals surface area contributed by atoms with E-state index >= 15 is 0 Å². The minimum atomic E-state index is -0.896. The van der Waals surface area contributed by atoms with Crippen molar-refractivity contribution in [2.45, 2.75) is 13.0 Å². The molecule has 1 aliphatic heterocycles. The predicted molar refractivity (Wildman–Crippen MR) is 116 cm³/mol. The highest BCUT2D eigenvalue weighted by molar-refractivity contribution is 7.15. The number of anilines is 1. The SMILES string of the molecule is C=CCOc1cccc(C2C(=C(O)c3ccncc3)C(=O)C(=O)N2c2nnc(C)s2)c1. The first-order valence-corrected chi connectivity index (χ1v) is 10.2. The summed E-state index contributed by atoms with van der Waals surface area (Å²) < 4.78 is 5.62. The van der Waals surface area contributed by atoms with Crippen LogP contribution >= 0.6 is 11.3 Å². The van der Waals surface area contributed by atoms with Gasteiger partial charge in [0.1, 0.15) is 23.1 Å². The number of pyridine rings is 1. The van der Waals surface area contributed by atoms with Gasteiger partial charge < -0.3 is 9.84 Å². The van der Waals surface area contributed by atoms with Gasteiger partial charge in [-0.25, -0.2) is 0 Å². The molecule has 31 heavy (non-hydrogen) atoms. The third-order valence-corrected chi connectivity index (χ3v) is 5.50. The van der Waals surface area contributed by atoms with Gasteiger partial charge in [0.2, 0.25) is 5.13 Å². The Balaban J connectivity index is 1.91. The lowest BCUT2D eigenvalue weighted by molar-refractivity contribution is -0.132. The molecule has 1 amide bonds. The third-order valence-electron chi connectivity index (χ3n) is 4.66. The molecule has 0 aliphatic carbocycles. The number of ketones is 1. The molecule has 1 aliphatic rings. The summed E-state index contributed by atoms with van der Waals surface area (Å²) in [7, 11) is 0. The average molecular weight is 434 g/mol. The molecule has 1 fully saturated rings. The van der Waals surface area contributed by atoms with Crippen LogP contribution in [0.15, 0.2) is 67.0 Å². The summed E-state index contributed by atoms with van der Waals surface area (Å²) >= 11 is 1.19. The Labute approximate surface area is 182 Å². The van der Waals surface area contributed by atoms with Gasteiger partial charge in [0.25, 0.3) is 5.78 Å². The van der Waals surface area contributed by atoms with Crippen LogP contribution in [0, 0.1) is 6.92 Å². The molecule has 2 aromatic heterocycles. The number of rotatable bonds is 6. The number of aromatic nitrogens is 3. The summed E-state index contributed by atoms with van der Waals surface area (Å²) in [4.78, 5) is 31.3. The molecule has 1 unspecified atom stereocenters. The number of amides is 1. The molecule has 3 aromatic rings. The molecular weight excluding hydrogens is 416 g/mol. The molecule has 1 aromatic carbocycles. The second-order valence-corrected chi connectivity index (χ2v) is 7.84. The Kier molecular flexibility index (Phi) is 5.59. The van der Waals surface area contributed by atoms with Crippen LogP contribution in [0.1, 0.15) is 22.2 Å². The molecular formula is C22H18N4O4S. The van der Waals surface area contributed by atoms with Crippen LogP contribution in [0.2, 0.25) is 0 Å². The zero-order valence-electron chi connectivity index (χ0n) is 16.6. The van der Waals surface area contributed by atoms with Crippen LogP contribution in [-0.4, -0.2) is 38.6 Å². The van der Waals surface area contributed by atoms with Crippen LogP contribution in [0.25, 0.3) is 5.76 Å². The number of carbonyl (C=O) groups is 2. The minimum absolute atomic E-state index is 0.0371. The van der Waals surface area contributed by atoms with E-state index in [1.807, 2.05) is 0 Å². The molecule has 0 saturated carbocycles. The predicted octanol–water partition coefficient (Wildman–Crippen LogP) is 3.43. The lowest BCUT2D eigenvalue weighted by Gasteiger charge is -2.23. The van der Waals surface area contributed by atoms with Crippen LogP contribution in [0.5, 0.6) is 5.75 Å². The molecule has 3 heterocycles. The molecule has 0 radical (unpaired) electrons. The van der Waals surface area contributed by atoms with E-state index in [9.17, 15) is 14.7 Å². The number of nitrogens with zero attached hydrogens (tertiary/aromatic N) is 4. The topological polar surface area (TPSA) is 106 Å². The summed E-state index contributed by atoms with van der Waals surface area (Å²) in [6, 6.07) is 9.24. The highest BCUT2D eigenvalue weighted by atomic mass is 32.1. The van der Waals surface area contributed by atoms with Gasteiger partial charge in [-0.2, -0.15) is 0 Å². The van der Waals surface area contributed by atoms with Gasteiger partial charge in [-0.1, -0.05) is 36.1 Å². The molecule has 1 atom stereocenters. The summed E-state index contributed by atoms with van der Waals surface area (Å²) in [6.07, 6.45) is 4.61. The summed E-state index contributed by atoms with van der Waals surface area (Å²) in [5, 5.41) is 20.0. The maximum absolute atomic E-state index is 13.0. The molecule has 156 valence electrons. The number of aliphatic hydroxyl groups is 1. The van der Waals surface area contributed by atoms with Gasteiger partial charge in [-0.15, -0.1) is 10.2 Å². The Morgan fingerprint density at radius 3 is 2.71 bits per heavy atom. The van der Waals surface area contributed by atoms with Gasteiger partial charge in [-0.05, 0) is 36.8 Å². The highest BCUT2D eigenvalue weighted by Gasteiger charge is 2.48. The molecule has 0 bridgehead atoms. The second kappa shape index (κ2) is 8.49. The Hall–Kier alpha value is -3.85. The maximum Gasteiger partial charge on any atom is 0.301 e. The Morgan fingerprint density at radius 1 is 1.26 bits per heavy atom. The zero-order valence-corrected chi connectivity index (χ0v) is 17.4. The van der Waals surface area contributed by atoms with Crippen molar-refractivity contribution < 1.29 is 19.4 Å². The first-order chi connectivity index (χ1) is 15.0. The smallest absolute Gasteiger partial charge is 0.301 e. The van der Waals surface area contributed by atoms with Crippen molar-refractivity contribution in [1.29, 1.82) is 0 Å². The summed E-state index contributed by atoms with van der Waals surface area (Å²) in [5.74, 6) is -1.33. The maximum atomic E-state index is 13.0. The lowest BCUT2D eigenvalue weighted by Crippen LogP contribution is -2.29.